The Labute approximate surface area is 99.9 Å². The smallest absolute Gasteiger partial charge is 0.132 e. The van der Waals surface area contributed by atoms with E-state index in [0.29, 0.717) is 10.0 Å². The van der Waals surface area contributed by atoms with Crippen LogP contribution in [-0.4, -0.2) is 10.2 Å². The van der Waals surface area contributed by atoms with Crippen molar-refractivity contribution in [2.45, 2.75) is 12.3 Å². The first-order valence-corrected chi connectivity index (χ1v) is 5.86. The van der Waals surface area contributed by atoms with Crippen molar-refractivity contribution in [1.29, 1.82) is 0 Å². The van der Waals surface area contributed by atoms with Crippen LogP contribution in [0.4, 0.5) is 8.78 Å². The van der Waals surface area contributed by atoms with Crippen LogP contribution in [0, 0.1) is 11.6 Å². The third-order valence-electron chi connectivity index (χ3n) is 2.01. The number of hydrogen-bond acceptors (Lipinski definition) is 3. The van der Waals surface area contributed by atoms with E-state index in [1.807, 2.05) is 0 Å². The molecule has 0 aliphatic heterocycles. The molecule has 84 valence electrons. The Morgan fingerprint density at radius 1 is 1.12 bits per heavy atom. The highest BCUT2D eigenvalue weighted by Gasteiger charge is 2.12. The van der Waals surface area contributed by atoms with Gasteiger partial charge in [-0.3, -0.25) is 0 Å². The molecule has 0 unspecified atom stereocenters. The molecule has 0 atom stereocenters. The van der Waals surface area contributed by atoms with Crippen LogP contribution < -0.4 is 0 Å². The molecule has 1 heterocycles. The van der Waals surface area contributed by atoms with Crippen molar-refractivity contribution in [2.24, 2.45) is 0 Å². The fourth-order valence-corrected chi connectivity index (χ4v) is 2.19. The Morgan fingerprint density at radius 2 is 1.75 bits per heavy atom. The molecule has 0 spiro atoms. The zero-order chi connectivity index (χ0) is 11.5. The van der Waals surface area contributed by atoms with Gasteiger partial charge < -0.3 is 0 Å². The molecule has 2 rings (SSSR count). The second-order valence-electron chi connectivity index (χ2n) is 3.10. The fourth-order valence-electron chi connectivity index (χ4n) is 1.27. The van der Waals surface area contributed by atoms with Crippen LogP contribution in [0.1, 0.15) is 15.6 Å². The summed E-state index contributed by atoms with van der Waals surface area (Å²) in [6.45, 7) is 0. The number of aromatic nitrogens is 2. The van der Waals surface area contributed by atoms with E-state index in [1.165, 1.54) is 29.5 Å². The van der Waals surface area contributed by atoms with Gasteiger partial charge in [0.1, 0.15) is 21.6 Å². The number of hydrogen-bond donors (Lipinski definition) is 0. The minimum absolute atomic E-state index is 0.0137. The van der Waals surface area contributed by atoms with E-state index in [0.717, 1.165) is 0 Å². The first-order chi connectivity index (χ1) is 7.70. The van der Waals surface area contributed by atoms with E-state index in [9.17, 15) is 8.78 Å². The second-order valence-corrected chi connectivity index (χ2v) is 4.51. The summed E-state index contributed by atoms with van der Waals surface area (Å²) < 4.78 is 26.6. The molecular formula is C10H7ClF2N2S. The van der Waals surface area contributed by atoms with E-state index in [-0.39, 0.29) is 17.9 Å². The molecule has 0 saturated carbocycles. The van der Waals surface area contributed by atoms with Gasteiger partial charge in [0.05, 0.1) is 5.88 Å². The van der Waals surface area contributed by atoms with Crippen LogP contribution >= 0.6 is 22.9 Å². The third-order valence-corrected chi connectivity index (χ3v) is 3.35. The molecule has 2 aromatic rings. The maximum Gasteiger partial charge on any atom is 0.132 e. The van der Waals surface area contributed by atoms with Gasteiger partial charge in [-0.2, -0.15) is 0 Å². The van der Waals surface area contributed by atoms with Gasteiger partial charge in [-0.25, -0.2) is 8.78 Å². The number of nitrogens with zero attached hydrogens (tertiary/aromatic N) is 2. The van der Waals surface area contributed by atoms with Gasteiger partial charge >= 0.3 is 0 Å². The number of benzene rings is 1. The first kappa shape index (κ1) is 11.4. The summed E-state index contributed by atoms with van der Waals surface area (Å²) in [5.41, 5.74) is 0.0137. The minimum Gasteiger partial charge on any atom is -0.207 e. The molecule has 0 radical (unpaired) electrons. The molecule has 0 saturated heterocycles. The van der Waals surface area contributed by atoms with Gasteiger partial charge in [0.2, 0.25) is 0 Å². The minimum atomic E-state index is -0.567. The molecule has 1 aromatic heterocycles. The van der Waals surface area contributed by atoms with Crippen LogP contribution in [0.5, 0.6) is 0 Å². The number of halogens is 3. The highest BCUT2D eigenvalue weighted by Crippen LogP contribution is 2.19. The lowest BCUT2D eigenvalue weighted by molar-refractivity contribution is 0.561. The Kier molecular flexibility index (Phi) is 3.46. The molecule has 0 bridgehead atoms. The molecule has 0 N–H and O–H groups in total. The molecule has 1 aromatic carbocycles. The first-order valence-electron chi connectivity index (χ1n) is 4.51. The van der Waals surface area contributed by atoms with Gasteiger partial charge in [0, 0.05) is 12.0 Å². The molecule has 2 nitrogen and oxygen atoms in total. The molecule has 0 aliphatic rings. The highest BCUT2D eigenvalue weighted by molar-refractivity contribution is 7.11. The second kappa shape index (κ2) is 4.84. The molecule has 0 aliphatic carbocycles. The SMILES string of the molecule is Fc1cccc(F)c1Cc1nnc(CCl)s1. The zero-order valence-electron chi connectivity index (χ0n) is 8.08. The van der Waals surface area contributed by atoms with Gasteiger partial charge in [0.15, 0.2) is 0 Å². The summed E-state index contributed by atoms with van der Waals surface area (Å²) in [5, 5.41) is 8.80. The quantitative estimate of drug-likeness (QED) is 0.793. The predicted octanol–water partition coefficient (Wildman–Crippen LogP) is 3.15. The molecular weight excluding hydrogens is 254 g/mol. The summed E-state index contributed by atoms with van der Waals surface area (Å²) in [5.74, 6) is -0.873. The normalized spacial score (nSPS) is 10.7. The van der Waals surface area contributed by atoms with Crippen LogP contribution in [0.15, 0.2) is 18.2 Å². The van der Waals surface area contributed by atoms with Gasteiger partial charge in [-0.15, -0.1) is 21.8 Å². The Bertz CT molecular complexity index is 481. The average Bonchev–Trinajstić information content (AvgIpc) is 2.71. The zero-order valence-corrected chi connectivity index (χ0v) is 9.66. The van der Waals surface area contributed by atoms with Crippen molar-refractivity contribution in [2.75, 3.05) is 0 Å². The average molecular weight is 261 g/mol. The summed E-state index contributed by atoms with van der Waals surface area (Å²) in [6.07, 6.45) is 0.104. The molecule has 16 heavy (non-hydrogen) atoms. The monoisotopic (exact) mass is 260 g/mol. The largest absolute Gasteiger partial charge is 0.207 e. The Morgan fingerprint density at radius 3 is 2.31 bits per heavy atom. The summed E-state index contributed by atoms with van der Waals surface area (Å²) in [7, 11) is 0. The Hall–Kier alpha value is -1.07. The van der Waals surface area contributed by atoms with Crippen molar-refractivity contribution >= 4 is 22.9 Å². The van der Waals surface area contributed by atoms with Crippen LogP contribution in [-0.2, 0) is 12.3 Å². The van der Waals surface area contributed by atoms with E-state index >= 15 is 0 Å². The van der Waals surface area contributed by atoms with E-state index in [2.05, 4.69) is 10.2 Å². The summed E-state index contributed by atoms with van der Waals surface area (Å²) in [6, 6.07) is 3.78. The van der Waals surface area contributed by atoms with E-state index in [1.54, 1.807) is 0 Å². The maximum absolute atomic E-state index is 13.3. The number of alkyl halides is 1. The van der Waals surface area contributed by atoms with Gasteiger partial charge in [-0.1, -0.05) is 17.4 Å². The lowest BCUT2D eigenvalue weighted by Gasteiger charge is -2.01. The van der Waals surface area contributed by atoms with Crippen molar-refractivity contribution < 1.29 is 8.78 Å². The van der Waals surface area contributed by atoms with E-state index in [4.69, 9.17) is 11.6 Å². The molecule has 0 amide bonds. The standard InChI is InChI=1S/C10H7ClF2N2S/c11-5-10-15-14-9(16-10)4-6-7(12)2-1-3-8(6)13/h1-3H,4-5H2. The third kappa shape index (κ3) is 2.36. The van der Waals surface area contributed by atoms with Crippen LogP contribution in [0.3, 0.4) is 0 Å². The highest BCUT2D eigenvalue weighted by atomic mass is 35.5. The van der Waals surface area contributed by atoms with Crippen molar-refractivity contribution in [3.05, 3.63) is 45.4 Å². The maximum atomic E-state index is 13.3. The fraction of sp³-hybridized carbons (Fsp3) is 0.200. The van der Waals surface area contributed by atoms with Crippen molar-refractivity contribution in [1.82, 2.24) is 10.2 Å². The van der Waals surface area contributed by atoms with Crippen LogP contribution in [0.2, 0.25) is 0 Å². The number of rotatable bonds is 3. The summed E-state index contributed by atoms with van der Waals surface area (Å²) in [4.78, 5) is 0. The van der Waals surface area contributed by atoms with Crippen molar-refractivity contribution in [3.8, 4) is 0 Å². The molecule has 0 fully saturated rings. The van der Waals surface area contributed by atoms with Crippen LogP contribution in [0.25, 0.3) is 0 Å². The lowest BCUT2D eigenvalue weighted by atomic mass is 10.1. The van der Waals surface area contributed by atoms with Gasteiger partial charge in [-0.05, 0) is 12.1 Å². The predicted molar refractivity (Wildman–Crippen MR) is 58.6 cm³/mol. The lowest BCUT2D eigenvalue weighted by Crippen LogP contribution is -1.96. The summed E-state index contributed by atoms with van der Waals surface area (Å²) >= 11 is 6.82. The van der Waals surface area contributed by atoms with Gasteiger partial charge in [0.25, 0.3) is 0 Å². The topological polar surface area (TPSA) is 25.8 Å². The molecule has 6 heteroatoms. The Balaban J connectivity index is 2.26. The van der Waals surface area contributed by atoms with E-state index < -0.39 is 11.6 Å². The van der Waals surface area contributed by atoms with Crippen molar-refractivity contribution in [3.63, 3.8) is 0 Å².